The molecule has 0 radical (unpaired) electrons. The Labute approximate surface area is 127 Å². The fourth-order valence-corrected chi connectivity index (χ4v) is 3.52. The van der Waals surface area contributed by atoms with Gasteiger partial charge in [-0.25, -0.2) is 4.98 Å². The van der Waals surface area contributed by atoms with Crippen LogP contribution < -0.4 is 5.73 Å². The zero-order valence-electron chi connectivity index (χ0n) is 11.3. The minimum absolute atomic E-state index is 0.223. The lowest BCUT2D eigenvalue weighted by atomic mass is 9.86. The van der Waals surface area contributed by atoms with Gasteiger partial charge in [-0.1, -0.05) is 41.9 Å². The van der Waals surface area contributed by atoms with Gasteiger partial charge in [0, 0.05) is 21.8 Å². The summed E-state index contributed by atoms with van der Waals surface area (Å²) in [5.41, 5.74) is 8.10. The van der Waals surface area contributed by atoms with E-state index in [4.69, 9.17) is 10.7 Å². The second kappa shape index (κ2) is 6.16. The first-order valence-electron chi connectivity index (χ1n) is 6.40. The second-order valence-electron chi connectivity index (χ2n) is 5.52. The highest BCUT2D eigenvalue weighted by Crippen LogP contribution is 2.30. The van der Waals surface area contributed by atoms with Crippen LogP contribution in [0.5, 0.6) is 0 Å². The van der Waals surface area contributed by atoms with Crippen LogP contribution in [0.25, 0.3) is 11.3 Å². The van der Waals surface area contributed by atoms with Crippen LogP contribution in [0, 0.1) is 5.41 Å². The predicted molar refractivity (Wildman–Crippen MR) is 86.4 cm³/mol. The molecule has 4 heteroatoms. The zero-order chi connectivity index (χ0) is 13.9. The average molecular weight is 339 g/mol. The van der Waals surface area contributed by atoms with Crippen LogP contribution in [0.15, 0.2) is 34.1 Å². The lowest BCUT2D eigenvalue weighted by Crippen LogP contribution is -2.19. The molecule has 0 spiro atoms. The normalized spacial score (nSPS) is 11.8. The summed E-state index contributed by atoms with van der Waals surface area (Å²) < 4.78 is 1.09. The van der Waals surface area contributed by atoms with Crippen LogP contribution >= 0.6 is 27.3 Å². The van der Waals surface area contributed by atoms with Crippen molar-refractivity contribution in [1.82, 2.24) is 4.98 Å². The van der Waals surface area contributed by atoms with E-state index >= 15 is 0 Å². The molecule has 1 heterocycles. The molecular weight excluding hydrogens is 320 g/mol. The maximum Gasteiger partial charge on any atom is 0.0937 e. The van der Waals surface area contributed by atoms with Crippen molar-refractivity contribution in [2.75, 3.05) is 6.54 Å². The first-order valence-corrected chi connectivity index (χ1v) is 8.08. The van der Waals surface area contributed by atoms with E-state index in [0.717, 1.165) is 35.1 Å². The van der Waals surface area contributed by atoms with E-state index in [-0.39, 0.29) is 5.41 Å². The van der Waals surface area contributed by atoms with Crippen molar-refractivity contribution in [2.24, 2.45) is 11.1 Å². The molecule has 19 heavy (non-hydrogen) atoms. The van der Waals surface area contributed by atoms with Crippen LogP contribution in [0.2, 0.25) is 0 Å². The van der Waals surface area contributed by atoms with Gasteiger partial charge < -0.3 is 5.73 Å². The molecule has 1 aromatic heterocycles. The topological polar surface area (TPSA) is 38.9 Å². The molecule has 0 saturated carbocycles. The highest BCUT2D eigenvalue weighted by atomic mass is 79.9. The Hall–Kier alpha value is -0.710. The van der Waals surface area contributed by atoms with Gasteiger partial charge in [-0.05, 0) is 30.5 Å². The summed E-state index contributed by atoms with van der Waals surface area (Å²) in [6.45, 7) is 5.23. The standard InChI is InChI=1S/C15H19BrN2S/c1-15(2,6-7-17)9-14-18-13(10-19-14)11-4-3-5-12(16)8-11/h3-5,8,10H,6-7,9,17H2,1-2H3. The number of aromatic nitrogens is 1. The summed E-state index contributed by atoms with van der Waals surface area (Å²) in [5, 5.41) is 3.32. The number of halogens is 1. The first-order chi connectivity index (χ1) is 9.00. The van der Waals surface area contributed by atoms with Gasteiger partial charge in [0.25, 0.3) is 0 Å². The lowest BCUT2D eigenvalue weighted by molar-refractivity contribution is 0.338. The molecule has 102 valence electrons. The summed E-state index contributed by atoms with van der Waals surface area (Å²) in [4.78, 5) is 4.75. The summed E-state index contributed by atoms with van der Waals surface area (Å²) in [6.07, 6.45) is 2.02. The third kappa shape index (κ3) is 4.13. The lowest BCUT2D eigenvalue weighted by Gasteiger charge is -2.22. The highest BCUT2D eigenvalue weighted by Gasteiger charge is 2.19. The van der Waals surface area contributed by atoms with E-state index in [2.05, 4.69) is 47.3 Å². The Balaban J connectivity index is 2.15. The maximum absolute atomic E-state index is 5.66. The minimum Gasteiger partial charge on any atom is -0.330 e. The molecule has 0 fully saturated rings. The van der Waals surface area contributed by atoms with Gasteiger partial charge >= 0.3 is 0 Å². The van der Waals surface area contributed by atoms with E-state index in [1.165, 1.54) is 5.01 Å². The molecule has 2 rings (SSSR count). The molecular formula is C15H19BrN2S. The molecule has 2 nitrogen and oxygen atoms in total. The first kappa shape index (κ1) is 14.7. The minimum atomic E-state index is 0.223. The van der Waals surface area contributed by atoms with Crippen molar-refractivity contribution in [3.05, 3.63) is 39.1 Å². The number of nitrogens with zero attached hydrogens (tertiary/aromatic N) is 1. The largest absolute Gasteiger partial charge is 0.330 e. The number of benzene rings is 1. The molecule has 0 aliphatic rings. The van der Waals surface area contributed by atoms with E-state index in [0.29, 0.717) is 0 Å². The van der Waals surface area contributed by atoms with Crippen molar-refractivity contribution in [2.45, 2.75) is 26.7 Å². The average Bonchev–Trinajstić information content (AvgIpc) is 2.76. The summed E-state index contributed by atoms with van der Waals surface area (Å²) >= 11 is 5.23. The molecule has 0 aliphatic carbocycles. The molecule has 0 aliphatic heterocycles. The van der Waals surface area contributed by atoms with Crippen LogP contribution in [0.1, 0.15) is 25.3 Å². The number of thiazole rings is 1. The van der Waals surface area contributed by atoms with E-state index in [1.54, 1.807) is 11.3 Å². The Morgan fingerprint density at radius 3 is 2.84 bits per heavy atom. The van der Waals surface area contributed by atoms with Gasteiger partial charge in [0.05, 0.1) is 10.7 Å². The number of nitrogens with two attached hydrogens (primary N) is 1. The van der Waals surface area contributed by atoms with E-state index in [1.807, 2.05) is 12.1 Å². The summed E-state index contributed by atoms with van der Waals surface area (Å²) in [5.74, 6) is 0. The third-order valence-corrected chi connectivity index (χ3v) is 4.47. The van der Waals surface area contributed by atoms with Crippen molar-refractivity contribution < 1.29 is 0 Å². The molecule has 0 unspecified atom stereocenters. The molecule has 0 amide bonds. The van der Waals surface area contributed by atoms with Crippen LogP contribution in [-0.4, -0.2) is 11.5 Å². The summed E-state index contributed by atoms with van der Waals surface area (Å²) in [6, 6.07) is 8.26. The fourth-order valence-electron chi connectivity index (χ4n) is 2.06. The van der Waals surface area contributed by atoms with E-state index < -0.39 is 0 Å². The molecule has 2 N–H and O–H groups in total. The van der Waals surface area contributed by atoms with Crippen molar-refractivity contribution >= 4 is 27.3 Å². The van der Waals surface area contributed by atoms with Crippen molar-refractivity contribution in [3.8, 4) is 11.3 Å². The van der Waals surface area contributed by atoms with Crippen LogP contribution in [0.4, 0.5) is 0 Å². The molecule has 0 atom stereocenters. The second-order valence-corrected chi connectivity index (χ2v) is 7.37. The summed E-state index contributed by atoms with van der Waals surface area (Å²) in [7, 11) is 0. The Bertz CT molecular complexity index is 549. The van der Waals surface area contributed by atoms with Gasteiger partial charge in [0.2, 0.25) is 0 Å². The monoisotopic (exact) mass is 338 g/mol. The van der Waals surface area contributed by atoms with Gasteiger partial charge in [-0.2, -0.15) is 0 Å². The Morgan fingerprint density at radius 1 is 1.37 bits per heavy atom. The van der Waals surface area contributed by atoms with Crippen LogP contribution in [0.3, 0.4) is 0 Å². The number of hydrogen-bond donors (Lipinski definition) is 1. The van der Waals surface area contributed by atoms with Crippen molar-refractivity contribution in [1.29, 1.82) is 0 Å². The number of hydrogen-bond acceptors (Lipinski definition) is 3. The van der Waals surface area contributed by atoms with Crippen molar-refractivity contribution in [3.63, 3.8) is 0 Å². The molecule has 1 aromatic carbocycles. The van der Waals surface area contributed by atoms with E-state index in [9.17, 15) is 0 Å². The third-order valence-electron chi connectivity index (χ3n) is 3.12. The zero-order valence-corrected chi connectivity index (χ0v) is 13.7. The predicted octanol–water partition coefficient (Wildman–Crippen LogP) is 4.49. The Morgan fingerprint density at radius 2 is 2.16 bits per heavy atom. The number of rotatable bonds is 5. The Kier molecular flexibility index (Phi) is 4.76. The van der Waals surface area contributed by atoms with Gasteiger partial charge in [0.1, 0.15) is 0 Å². The van der Waals surface area contributed by atoms with Gasteiger partial charge in [-0.15, -0.1) is 11.3 Å². The smallest absolute Gasteiger partial charge is 0.0937 e. The van der Waals surface area contributed by atoms with Crippen LogP contribution in [-0.2, 0) is 6.42 Å². The molecule has 0 bridgehead atoms. The maximum atomic E-state index is 5.66. The van der Waals surface area contributed by atoms with Gasteiger partial charge in [0.15, 0.2) is 0 Å². The SMILES string of the molecule is CC(C)(CCN)Cc1nc(-c2cccc(Br)c2)cs1. The van der Waals surface area contributed by atoms with Gasteiger partial charge in [-0.3, -0.25) is 0 Å². The quantitative estimate of drug-likeness (QED) is 0.872. The fraction of sp³-hybridized carbons (Fsp3) is 0.400. The highest BCUT2D eigenvalue weighted by molar-refractivity contribution is 9.10. The molecule has 0 saturated heterocycles. The molecule has 2 aromatic rings.